The molecule has 1 amide bonds. The highest BCUT2D eigenvalue weighted by atomic mass is 19.1. The summed E-state index contributed by atoms with van der Waals surface area (Å²) in [5.41, 5.74) is 2.72. The first-order chi connectivity index (χ1) is 23.7. The van der Waals surface area contributed by atoms with E-state index in [2.05, 4.69) is 14.9 Å². The molecule has 2 aromatic heterocycles. The van der Waals surface area contributed by atoms with Crippen LogP contribution >= 0.6 is 0 Å². The van der Waals surface area contributed by atoms with Crippen LogP contribution in [0.15, 0.2) is 6.07 Å². The van der Waals surface area contributed by atoms with Gasteiger partial charge in [-0.05, 0) is 78.5 Å². The molecule has 0 saturated carbocycles. The number of aryl methyl sites for hydroxylation is 1. The molecule has 2 bridgehead atoms. The highest BCUT2D eigenvalue weighted by Crippen LogP contribution is 2.47. The van der Waals surface area contributed by atoms with Crippen LogP contribution in [0.4, 0.5) is 33.9 Å². The van der Waals surface area contributed by atoms with E-state index in [1.165, 1.54) is 6.92 Å². The lowest BCUT2D eigenvalue weighted by molar-refractivity contribution is 0.000937. The number of fused-ring (bicyclic) bond motifs is 6. The summed E-state index contributed by atoms with van der Waals surface area (Å²) >= 11 is 0. The molecule has 6 atom stereocenters. The number of nitrogen functional groups attached to an aromatic ring is 1. The lowest BCUT2D eigenvalue weighted by atomic mass is 9.95. The number of hydrogen-bond acceptors (Lipinski definition) is 10. The summed E-state index contributed by atoms with van der Waals surface area (Å²) in [5, 5.41) is 0.163. The van der Waals surface area contributed by atoms with Gasteiger partial charge in [-0.15, -0.1) is 0 Å². The number of pyridine rings is 1. The van der Waals surface area contributed by atoms with Crippen molar-refractivity contribution >= 4 is 28.5 Å². The van der Waals surface area contributed by atoms with E-state index >= 15 is 8.78 Å². The maximum Gasteiger partial charge on any atom is 0.410 e. The fourth-order valence-corrected chi connectivity index (χ4v) is 8.88. The van der Waals surface area contributed by atoms with Crippen LogP contribution < -0.4 is 20.1 Å². The molecular weight excluding hydrogens is 658 g/mol. The molecule has 3 aromatic rings. The lowest BCUT2D eigenvalue weighted by Gasteiger charge is -2.48. The van der Waals surface area contributed by atoms with Crippen LogP contribution in [0.1, 0.15) is 65.4 Å². The van der Waals surface area contributed by atoms with Crippen molar-refractivity contribution in [1.29, 1.82) is 0 Å². The molecule has 0 spiro atoms. The molecule has 0 radical (unpaired) electrons. The minimum Gasteiger partial charge on any atom is -0.472 e. The van der Waals surface area contributed by atoms with Crippen LogP contribution in [0.25, 0.3) is 22.2 Å². The lowest BCUT2D eigenvalue weighted by Crippen LogP contribution is -2.65. The van der Waals surface area contributed by atoms with Crippen LogP contribution in [-0.2, 0) is 4.74 Å². The number of alkyl halides is 1. The molecule has 2 N–H and O–H groups in total. The van der Waals surface area contributed by atoms with E-state index in [-0.39, 0.29) is 52.6 Å². The summed E-state index contributed by atoms with van der Waals surface area (Å²) in [4.78, 5) is 33.2. The third kappa shape index (κ3) is 5.09. The number of carbonyl (C=O) groups is 1. The number of nitrogens with zero attached hydrogens (tertiary/aromatic N) is 6. The second-order valence-electron chi connectivity index (χ2n) is 15.4. The Morgan fingerprint density at radius 2 is 1.90 bits per heavy atom. The van der Waals surface area contributed by atoms with Crippen molar-refractivity contribution in [2.24, 2.45) is 0 Å². The van der Waals surface area contributed by atoms with Gasteiger partial charge < -0.3 is 24.8 Å². The van der Waals surface area contributed by atoms with Gasteiger partial charge in [0.1, 0.15) is 52.6 Å². The third-order valence-corrected chi connectivity index (χ3v) is 11.0. The number of ether oxygens (including phenoxy) is 3. The summed E-state index contributed by atoms with van der Waals surface area (Å²) in [7, 11) is 0. The number of aromatic nitrogens is 3. The minimum atomic E-state index is -1.16. The molecule has 268 valence electrons. The van der Waals surface area contributed by atoms with Crippen LogP contribution in [0.5, 0.6) is 11.9 Å². The number of benzene rings is 1. The van der Waals surface area contributed by atoms with Gasteiger partial charge in [0.25, 0.3) is 0 Å². The monoisotopic (exact) mass is 699 g/mol. The van der Waals surface area contributed by atoms with Gasteiger partial charge in [-0.25, -0.2) is 27.3 Å². The average Bonchev–Trinajstić information content (AvgIpc) is 3.66. The van der Waals surface area contributed by atoms with E-state index in [0.717, 1.165) is 25.5 Å². The molecule has 4 fully saturated rings. The Hall–Kier alpha value is -4.14. The summed E-state index contributed by atoms with van der Waals surface area (Å²) in [6, 6.07) is -0.0127. The first-order valence-corrected chi connectivity index (χ1v) is 17.3. The SMILES string of the molecule is Cc1cc(-c2nc3c4c(nc(OC[C@@]56CCCN5C[C@H](F)C6)nc4c2F)N2C[C@H]4CC[C@@H]([C@H]2[C@H](C)O3)N4C(=O)OC(C)(C)C)c(F)c(N)c1F. The average molecular weight is 700 g/mol. The van der Waals surface area contributed by atoms with Crippen molar-refractivity contribution in [3.8, 4) is 23.1 Å². The summed E-state index contributed by atoms with van der Waals surface area (Å²) < 4.78 is 80.0. The predicted octanol–water partition coefficient (Wildman–Crippen LogP) is 5.69. The standard InChI is InChI=1S/C35H41F4N7O4/c1-16-11-20(24(38)26(40)23(16)37)27-25(39)28-22-30(43-32(42-28)48-15-35-9-6-10-44(35)13-18(36)12-35)45-14-19-7-8-21(29(45)17(2)49-31(22)41-27)46(19)33(47)50-34(3,4)5/h11,17-19,21,29H,6-10,12-15,40H2,1-5H3/t17-,18+,19+,21-,29+,35-/m0/s1. The van der Waals surface area contributed by atoms with Gasteiger partial charge in [0, 0.05) is 25.1 Å². The molecule has 5 aliphatic heterocycles. The van der Waals surface area contributed by atoms with E-state index in [1.54, 1.807) is 4.90 Å². The second kappa shape index (κ2) is 11.4. The second-order valence-corrected chi connectivity index (χ2v) is 15.4. The first kappa shape index (κ1) is 33.0. The Labute approximate surface area is 287 Å². The Morgan fingerprint density at radius 3 is 2.66 bits per heavy atom. The van der Waals surface area contributed by atoms with Crippen molar-refractivity contribution in [1.82, 2.24) is 24.8 Å². The van der Waals surface area contributed by atoms with E-state index in [4.69, 9.17) is 24.9 Å². The fraction of sp³-hybridized carbons (Fsp3) is 0.600. The van der Waals surface area contributed by atoms with Crippen molar-refractivity contribution in [3.05, 3.63) is 29.1 Å². The number of hydrogen-bond donors (Lipinski definition) is 1. The number of halogens is 4. The van der Waals surface area contributed by atoms with E-state index < -0.39 is 64.4 Å². The van der Waals surface area contributed by atoms with E-state index in [0.29, 0.717) is 38.2 Å². The summed E-state index contributed by atoms with van der Waals surface area (Å²) in [6.45, 7) is 10.2. The summed E-state index contributed by atoms with van der Waals surface area (Å²) in [6.07, 6.45) is 1.32. The molecule has 15 heteroatoms. The van der Waals surface area contributed by atoms with Crippen LogP contribution in [-0.4, -0.2) is 98.6 Å². The fourth-order valence-electron chi connectivity index (χ4n) is 8.88. The largest absolute Gasteiger partial charge is 0.472 e. The van der Waals surface area contributed by atoms with Crippen molar-refractivity contribution in [2.45, 2.75) is 108 Å². The molecule has 11 nitrogen and oxygen atoms in total. The van der Waals surface area contributed by atoms with Gasteiger partial charge in [0.15, 0.2) is 17.5 Å². The Balaban J connectivity index is 1.27. The molecular formula is C35H41F4N7O4. The molecule has 0 aliphatic carbocycles. The molecule has 4 saturated heterocycles. The van der Waals surface area contributed by atoms with Crippen molar-refractivity contribution in [2.75, 3.05) is 36.9 Å². The van der Waals surface area contributed by atoms with E-state index in [9.17, 15) is 13.6 Å². The highest BCUT2D eigenvalue weighted by Gasteiger charge is 2.54. The topological polar surface area (TPSA) is 119 Å². The van der Waals surface area contributed by atoms with Crippen molar-refractivity contribution in [3.63, 3.8) is 0 Å². The number of rotatable bonds is 4. The quantitative estimate of drug-likeness (QED) is 0.269. The van der Waals surface area contributed by atoms with Gasteiger partial charge >= 0.3 is 12.1 Å². The zero-order valence-electron chi connectivity index (χ0n) is 28.7. The maximum atomic E-state index is 16.8. The smallest absolute Gasteiger partial charge is 0.410 e. The Kier molecular flexibility index (Phi) is 7.56. The molecule has 0 unspecified atom stereocenters. The third-order valence-electron chi connectivity index (χ3n) is 11.0. The van der Waals surface area contributed by atoms with E-state index in [1.807, 2.05) is 32.6 Å². The van der Waals surface area contributed by atoms with Crippen LogP contribution in [0.3, 0.4) is 0 Å². The Bertz CT molecular complexity index is 1910. The number of anilines is 2. The van der Waals surface area contributed by atoms with Crippen LogP contribution in [0, 0.1) is 24.4 Å². The van der Waals surface area contributed by atoms with Crippen LogP contribution in [0.2, 0.25) is 0 Å². The number of amides is 1. The first-order valence-electron chi connectivity index (χ1n) is 17.3. The number of nitrogens with two attached hydrogens (primary N) is 1. The van der Waals surface area contributed by atoms with Gasteiger partial charge in [-0.3, -0.25) is 9.80 Å². The molecule has 5 aliphatic rings. The zero-order valence-corrected chi connectivity index (χ0v) is 28.7. The van der Waals surface area contributed by atoms with Crippen molar-refractivity contribution < 1.29 is 36.6 Å². The molecule has 8 rings (SSSR count). The maximum absolute atomic E-state index is 16.8. The van der Waals surface area contributed by atoms with Gasteiger partial charge in [0.2, 0.25) is 5.88 Å². The molecule has 50 heavy (non-hydrogen) atoms. The highest BCUT2D eigenvalue weighted by molar-refractivity contribution is 5.97. The number of carbonyl (C=O) groups excluding carboxylic acids is 1. The Morgan fingerprint density at radius 1 is 1.12 bits per heavy atom. The van der Waals surface area contributed by atoms with Gasteiger partial charge in [-0.1, -0.05) is 0 Å². The number of piperazine rings is 1. The van der Waals surface area contributed by atoms with Gasteiger partial charge in [-0.2, -0.15) is 9.97 Å². The zero-order chi connectivity index (χ0) is 35.4. The molecule has 1 aromatic carbocycles. The summed E-state index contributed by atoms with van der Waals surface area (Å²) in [5.74, 6) is -2.84. The normalized spacial score (nSPS) is 28.8. The minimum absolute atomic E-state index is 0.00578. The predicted molar refractivity (Wildman–Crippen MR) is 176 cm³/mol. The molecule has 7 heterocycles. The van der Waals surface area contributed by atoms with Gasteiger partial charge in [0.05, 0.1) is 23.7 Å².